The van der Waals surface area contributed by atoms with E-state index in [4.69, 9.17) is 0 Å². The first-order valence-electron chi connectivity index (χ1n) is 7.18. The molecule has 0 aromatic carbocycles. The number of aromatic nitrogens is 1. The van der Waals surface area contributed by atoms with Gasteiger partial charge in [-0.05, 0) is 12.8 Å². The third kappa shape index (κ3) is 2.46. The zero-order chi connectivity index (χ0) is 14.9. The van der Waals surface area contributed by atoms with Gasteiger partial charge in [0.2, 0.25) is 11.8 Å². The second-order valence-electron chi connectivity index (χ2n) is 5.59. The molecule has 2 fully saturated rings. The van der Waals surface area contributed by atoms with Crippen LogP contribution in [-0.2, 0) is 16.0 Å². The van der Waals surface area contributed by atoms with E-state index in [0.717, 1.165) is 25.0 Å². The number of amides is 4. The van der Waals surface area contributed by atoms with Crippen molar-refractivity contribution in [2.75, 3.05) is 6.54 Å². The maximum atomic E-state index is 12.7. The van der Waals surface area contributed by atoms with Gasteiger partial charge in [0.1, 0.15) is 5.41 Å². The molecule has 0 bridgehead atoms. The van der Waals surface area contributed by atoms with Crippen molar-refractivity contribution in [2.24, 2.45) is 5.41 Å². The fraction of sp³-hybridized carbons (Fsp3) is 0.571. The van der Waals surface area contributed by atoms with Gasteiger partial charge in [-0.1, -0.05) is 19.3 Å². The monoisotopic (exact) mass is 307 g/mol. The van der Waals surface area contributed by atoms with Gasteiger partial charge in [-0.15, -0.1) is 11.3 Å². The summed E-state index contributed by atoms with van der Waals surface area (Å²) in [5.74, 6) is -0.742. The van der Waals surface area contributed by atoms with Crippen molar-refractivity contribution in [2.45, 2.75) is 38.5 Å². The molecule has 6 nitrogen and oxygen atoms in total. The van der Waals surface area contributed by atoms with Crippen LogP contribution >= 0.6 is 11.3 Å². The summed E-state index contributed by atoms with van der Waals surface area (Å²) in [5, 5.41) is 4.26. The Morgan fingerprint density at radius 2 is 2.00 bits per heavy atom. The van der Waals surface area contributed by atoms with E-state index in [1.807, 2.05) is 5.38 Å². The summed E-state index contributed by atoms with van der Waals surface area (Å²) < 4.78 is 0. The predicted octanol–water partition coefficient (Wildman–Crippen LogP) is 1.71. The standard InChI is InChI=1S/C14H17N3O3S/c18-11-14(5-2-1-3-6-14)12(19)17(13(20)16-11)7-4-10-8-21-9-15-10/h8-9H,1-7H2,(H,16,18,20). The lowest BCUT2D eigenvalue weighted by atomic mass is 9.71. The van der Waals surface area contributed by atoms with Crippen LogP contribution < -0.4 is 5.32 Å². The van der Waals surface area contributed by atoms with E-state index in [1.165, 1.54) is 16.2 Å². The van der Waals surface area contributed by atoms with Gasteiger partial charge in [0.15, 0.2) is 0 Å². The van der Waals surface area contributed by atoms with Crippen LogP contribution in [0.2, 0.25) is 0 Å². The third-order valence-electron chi connectivity index (χ3n) is 4.34. The van der Waals surface area contributed by atoms with Crippen LogP contribution in [0.5, 0.6) is 0 Å². The number of rotatable bonds is 3. The normalized spacial score (nSPS) is 21.7. The van der Waals surface area contributed by atoms with Crippen molar-refractivity contribution in [1.29, 1.82) is 0 Å². The number of carbonyl (C=O) groups excluding carboxylic acids is 3. The van der Waals surface area contributed by atoms with Crippen molar-refractivity contribution in [3.05, 3.63) is 16.6 Å². The topological polar surface area (TPSA) is 79.4 Å². The quantitative estimate of drug-likeness (QED) is 0.862. The Hall–Kier alpha value is -1.76. The lowest BCUT2D eigenvalue weighted by Crippen LogP contribution is -2.64. The summed E-state index contributed by atoms with van der Waals surface area (Å²) >= 11 is 1.48. The van der Waals surface area contributed by atoms with Gasteiger partial charge in [-0.3, -0.25) is 19.8 Å². The number of hydrogen-bond acceptors (Lipinski definition) is 5. The molecule has 3 rings (SSSR count). The van der Waals surface area contributed by atoms with E-state index in [0.29, 0.717) is 19.3 Å². The SMILES string of the molecule is O=C1NC(=O)C2(CCCCC2)C(=O)N1CCc1cscn1. The molecule has 1 N–H and O–H groups in total. The zero-order valence-electron chi connectivity index (χ0n) is 11.6. The molecule has 1 spiro atoms. The highest BCUT2D eigenvalue weighted by Crippen LogP contribution is 2.40. The molecular weight excluding hydrogens is 290 g/mol. The van der Waals surface area contributed by atoms with Crippen LogP contribution in [0.25, 0.3) is 0 Å². The molecular formula is C14H17N3O3S. The van der Waals surface area contributed by atoms with Crippen molar-refractivity contribution < 1.29 is 14.4 Å². The Labute approximate surface area is 126 Å². The minimum absolute atomic E-state index is 0.267. The Balaban J connectivity index is 1.77. The molecule has 4 amide bonds. The maximum Gasteiger partial charge on any atom is 0.330 e. The van der Waals surface area contributed by atoms with Gasteiger partial charge in [0, 0.05) is 18.3 Å². The summed E-state index contributed by atoms with van der Waals surface area (Å²) in [7, 11) is 0. The molecule has 1 aromatic rings. The van der Waals surface area contributed by atoms with Crippen LogP contribution in [0.3, 0.4) is 0 Å². The summed E-state index contributed by atoms with van der Waals surface area (Å²) in [6.45, 7) is 0.267. The number of hydrogen-bond donors (Lipinski definition) is 1. The first-order valence-corrected chi connectivity index (χ1v) is 8.12. The largest absolute Gasteiger partial charge is 0.330 e. The van der Waals surface area contributed by atoms with Crippen molar-refractivity contribution in [3.63, 3.8) is 0 Å². The molecule has 112 valence electrons. The van der Waals surface area contributed by atoms with Crippen molar-refractivity contribution >= 4 is 29.2 Å². The van der Waals surface area contributed by atoms with E-state index in [9.17, 15) is 14.4 Å². The first kappa shape index (κ1) is 14.2. The smallest absolute Gasteiger partial charge is 0.277 e. The number of urea groups is 1. The second kappa shape index (κ2) is 5.55. The molecule has 0 radical (unpaired) electrons. The molecule has 21 heavy (non-hydrogen) atoms. The first-order chi connectivity index (χ1) is 10.1. The van der Waals surface area contributed by atoms with Gasteiger partial charge in [0.25, 0.3) is 0 Å². The van der Waals surface area contributed by atoms with Crippen LogP contribution in [-0.4, -0.2) is 34.3 Å². The molecule has 2 heterocycles. The molecule has 1 aromatic heterocycles. The average molecular weight is 307 g/mol. The molecule has 2 aliphatic rings. The van der Waals surface area contributed by atoms with Gasteiger partial charge in [0.05, 0.1) is 11.2 Å². The molecule has 0 unspecified atom stereocenters. The van der Waals surface area contributed by atoms with Crippen LogP contribution in [0, 0.1) is 5.41 Å². The Kier molecular flexibility index (Phi) is 3.75. The summed E-state index contributed by atoms with van der Waals surface area (Å²) in [4.78, 5) is 42.2. The molecule has 1 aliphatic heterocycles. The van der Waals surface area contributed by atoms with Crippen LogP contribution in [0.1, 0.15) is 37.8 Å². The molecule has 1 saturated carbocycles. The Bertz CT molecular complexity index is 564. The zero-order valence-corrected chi connectivity index (χ0v) is 12.4. The van der Waals surface area contributed by atoms with E-state index in [2.05, 4.69) is 10.3 Å². The van der Waals surface area contributed by atoms with E-state index in [-0.39, 0.29) is 12.5 Å². The fourth-order valence-electron chi connectivity index (χ4n) is 3.12. The highest BCUT2D eigenvalue weighted by molar-refractivity contribution is 7.07. The summed E-state index contributed by atoms with van der Waals surface area (Å²) in [6, 6.07) is -0.601. The lowest BCUT2D eigenvalue weighted by molar-refractivity contribution is -0.153. The van der Waals surface area contributed by atoms with Gasteiger partial charge in [-0.2, -0.15) is 0 Å². The number of imide groups is 2. The fourth-order valence-corrected chi connectivity index (χ4v) is 3.71. The minimum atomic E-state index is -1.02. The number of carbonyl (C=O) groups is 3. The number of nitrogens with one attached hydrogen (secondary N) is 1. The number of nitrogens with zero attached hydrogens (tertiary/aromatic N) is 2. The summed E-state index contributed by atoms with van der Waals surface area (Å²) in [6.07, 6.45) is 4.35. The number of thiazole rings is 1. The highest BCUT2D eigenvalue weighted by atomic mass is 32.1. The van der Waals surface area contributed by atoms with Crippen LogP contribution in [0.4, 0.5) is 4.79 Å². The molecule has 1 aliphatic carbocycles. The van der Waals surface area contributed by atoms with E-state index >= 15 is 0 Å². The van der Waals surface area contributed by atoms with Crippen molar-refractivity contribution in [3.8, 4) is 0 Å². The maximum absolute atomic E-state index is 12.7. The molecule has 1 saturated heterocycles. The second-order valence-corrected chi connectivity index (χ2v) is 6.31. The Morgan fingerprint density at radius 3 is 2.67 bits per heavy atom. The lowest BCUT2D eigenvalue weighted by Gasteiger charge is -2.41. The molecule has 0 atom stereocenters. The number of barbiturate groups is 1. The average Bonchev–Trinajstić information content (AvgIpc) is 3.00. The molecule has 7 heteroatoms. The van der Waals surface area contributed by atoms with Gasteiger partial charge >= 0.3 is 6.03 Å². The summed E-state index contributed by atoms with van der Waals surface area (Å²) in [5.41, 5.74) is 1.56. The van der Waals surface area contributed by atoms with Crippen LogP contribution in [0.15, 0.2) is 10.9 Å². The predicted molar refractivity (Wildman–Crippen MR) is 76.6 cm³/mol. The van der Waals surface area contributed by atoms with E-state index < -0.39 is 17.4 Å². The van der Waals surface area contributed by atoms with Gasteiger partial charge in [-0.25, -0.2) is 9.78 Å². The highest BCUT2D eigenvalue weighted by Gasteiger charge is 2.53. The third-order valence-corrected chi connectivity index (χ3v) is 4.97. The minimum Gasteiger partial charge on any atom is -0.277 e. The Morgan fingerprint density at radius 1 is 1.24 bits per heavy atom. The van der Waals surface area contributed by atoms with E-state index in [1.54, 1.807) is 5.51 Å². The van der Waals surface area contributed by atoms with Gasteiger partial charge < -0.3 is 0 Å². The van der Waals surface area contributed by atoms with Crippen molar-refractivity contribution in [1.82, 2.24) is 15.2 Å².